The molecule has 0 radical (unpaired) electrons. The van der Waals surface area contributed by atoms with Crippen LogP contribution in [0.2, 0.25) is 0 Å². The quantitative estimate of drug-likeness (QED) is 0.699. The van der Waals surface area contributed by atoms with Gasteiger partial charge in [0, 0.05) is 19.7 Å². The number of nitrogens with zero attached hydrogens (tertiary/aromatic N) is 2. The van der Waals surface area contributed by atoms with Crippen LogP contribution >= 0.6 is 0 Å². The Hall–Kier alpha value is -1.45. The third kappa shape index (κ3) is 4.97. The van der Waals surface area contributed by atoms with Crippen molar-refractivity contribution < 1.29 is 22.5 Å². The van der Waals surface area contributed by atoms with Crippen molar-refractivity contribution in [1.29, 1.82) is 0 Å². The van der Waals surface area contributed by atoms with Gasteiger partial charge in [0.2, 0.25) is 0 Å². The average molecular weight is 291 g/mol. The average Bonchev–Trinajstić information content (AvgIpc) is 2.79. The number of esters is 1. The van der Waals surface area contributed by atoms with E-state index in [4.69, 9.17) is 4.52 Å². The van der Waals surface area contributed by atoms with Crippen LogP contribution < -0.4 is 4.72 Å². The lowest BCUT2D eigenvalue weighted by molar-refractivity contribution is -0.140. The van der Waals surface area contributed by atoms with Gasteiger partial charge < -0.3 is 9.26 Å². The Morgan fingerprint density at radius 3 is 2.79 bits per heavy atom. The second-order valence-corrected chi connectivity index (χ2v) is 5.77. The Morgan fingerprint density at radius 1 is 1.58 bits per heavy atom. The second-order valence-electron chi connectivity index (χ2n) is 3.91. The zero-order chi connectivity index (χ0) is 14.5. The van der Waals surface area contributed by atoms with Crippen LogP contribution in [-0.2, 0) is 26.3 Å². The van der Waals surface area contributed by atoms with Gasteiger partial charge in [-0.25, -0.2) is 0 Å². The summed E-state index contributed by atoms with van der Waals surface area (Å²) >= 11 is 0. The Kier molecular flexibility index (Phi) is 5.45. The number of hydrogen-bond acceptors (Lipinski definition) is 6. The number of methoxy groups -OCH3 is 1. The molecular formula is C10H17N3O5S. The van der Waals surface area contributed by atoms with Crippen molar-refractivity contribution >= 4 is 16.2 Å². The minimum Gasteiger partial charge on any atom is -0.469 e. The fourth-order valence-corrected chi connectivity index (χ4v) is 2.12. The Morgan fingerprint density at radius 2 is 2.26 bits per heavy atom. The molecule has 0 atom stereocenters. The predicted molar refractivity (Wildman–Crippen MR) is 66.3 cm³/mol. The predicted octanol–water partition coefficient (Wildman–Crippen LogP) is -0.188. The highest BCUT2D eigenvalue weighted by Gasteiger charge is 2.18. The van der Waals surface area contributed by atoms with Crippen LogP contribution in [0, 0.1) is 6.92 Å². The molecule has 0 bridgehead atoms. The fourth-order valence-electron chi connectivity index (χ4n) is 1.24. The first-order chi connectivity index (χ1) is 8.85. The summed E-state index contributed by atoms with van der Waals surface area (Å²) < 4.78 is 36.3. The van der Waals surface area contributed by atoms with Gasteiger partial charge in [-0.05, 0) is 6.92 Å². The molecule has 0 saturated heterocycles. The lowest BCUT2D eigenvalue weighted by atomic mass is 10.4. The maximum atomic E-state index is 11.8. The first-order valence-corrected chi connectivity index (χ1v) is 6.99. The minimum atomic E-state index is -3.67. The summed E-state index contributed by atoms with van der Waals surface area (Å²) in [5.41, 5.74) is 0.674. The van der Waals surface area contributed by atoms with Crippen LogP contribution in [0.1, 0.15) is 17.9 Å². The van der Waals surface area contributed by atoms with Crippen molar-refractivity contribution in [2.24, 2.45) is 0 Å². The topological polar surface area (TPSA) is 102 Å². The lowest BCUT2D eigenvalue weighted by Crippen LogP contribution is -2.38. The van der Waals surface area contributed by atoms with Gasteiger partial charge in [0.15, 0.2) is 5.76 Å². The third-order valence-corrected chi connectivity index (χ3v) is 3.89. The van der Waals surface area contributed by atoms with Crippen LogP contribution in [0.25, 0.3) is 0 Å². The number of aryl methyl sites for hydroxylation is 1. The molecule has 0 aromatic carbocycles. The molecule has 1 rings (SSSR count). The number of hydrogen-bond donors (Lipinski definition) is 1. The monoisotopic (exact) mass is 291 g/mol. The molecular weight excluding hydrogens is 274 g/mol. The van der Waals surface area contributed by atoms with E-state index in [1.54, 1.807) is 13.0 Å². The molecule has 19 heavy (non-hydrogen) atoms. The van der Waals surface area contributed by atoms with E-state index in [2.05, 4.69) is 14.6 Å². The highest BCUT2D eigenvalue weighted by Crippen LogP contribution is 2.03. The second kappa shape index (κ2) is 6.64. The van der Waals surface area contributed by atoms with E-state index >= 15 is 0 Å². The summed E-state index contributed by atoms with van der Waals surface area (Å²) in [5.74, 6) is -0.0460. The van der Waals surface area contributed by atoms with Gasteiger partial charge >= 0.3 is 5.97 Å². The Balaban J connectivity index is 2.48. The van der Waals surface area contributed by atoms with Crippen LogP contribution in [-0.4, -0.2) is 44.6 Å². The molecule has 9 heteroatoms. The van der Waals surface area contributed by atoms with Gasteiger partial charge in [-0.3, -0.25) is 4.79 Å². The molecule has 0 unspecified atom stereocenters. The molecule has 1 heterocycles. The molecule has 0 aliphatic heterocycles. The van der Waals surface area contributed by atoms with E-state index in [-0.39, 0.29) is 19.5 Å². The molecule has 1 N–H and O–H groups in total. The van der Waals surface area contributed by atoms with Crippen molar-refractivity contribution in [2.45, 2.75) is 19.9 Å². The molecule has 0 spiro atoms. The standard InChI is InChI=1S/C10H17N3O5S/c1-8-6-9(18-12-8)7-11-19(15,16)13(2)5-4-10(14)17-3/h6,11H,4-5,7H2,1-3H3. The molecule has 0 aliphatic rings. The van der Waals surface area contributed by atoms with E-state index in [1.165, 1.54) is 14.2 Å². The Labute approximate surface area is 111 Å². The van der Waals surface area contributed by atoms with E-state index < -0.39 is 16.2 Å². The molecule has 8 nitrogen and oxygen atoms in total. The maximum Gasteiger partial charge on any atom is 0.306 e. The van der Waals surface area contributed by atoms with Crippen molar-refractivity contribution in [3.63, 3.8) is 0 Å². The third-order valence-electron chi connectivity index (χ3n) is 2.37. The number of carbonyl (C=O) groups is 1. The van der Waals surface area contributed by atoms with Crippen molar-refractivity contribution in [1.82, 2.24) is 14.2 Å². The summed E-state index contributed by atoms with van der Waals surface area (Å²) in [7, 11) is -1.04. The van der Waals surface area contributed by atoms with Gasteiger partial charge in [0.25, 0.3) is 10.2 Å². The first-order valence-electron chi connectivity index (χ1n) is 5.55. The summed E-state index contributed by atoms with van der Waals surface area (Å²) in [6.07, 6.45) is -0.00464. The number of nitrogens with one attached hydrogen (secondary N) is 1. The van der Waals surface area contributed by atoms with E-state index in [9.17, 15) is 13.2 Å². The molecule has 1 aromatic heterocycles. The smallest absolute Gasteiger partial charge is 0.306 e. The van der Waals surface area contributed by atoms with Crippen molar-refractivity contribution in [3.8, 4) is 0 Å². The van der Waals surface area contributed by atoms with Gasteiger partial charge in [-0.15, -0.1) is 0 Å². The molecule has 108 valence electrons. The van der Waals surface area contributed by atoms with Crippen LogP contribution in [0.4, 0.5) is 0 Å². The van der Waals surface area contributed by atoms with Crippen LogP contribution in [0.15, 0.2) is 10.6 Å². The zero-order valence-electron chi connectivity index (χ0n) is 11.0. The lowest BCUT2D eigenvalue weighted by Gasteiger charge is -2.16. The first kappa shape index (κ1) is 15.6. The van der Waals surface area contributed by atoms with Crippen LogP contribution in [0.3, 0.4) is 0 Å². The van der Waals surface area contributed by atoms with Gasteiger partial charge in [0.1, 0.15) is 0 Å². The summed E-state index contributed by atoms with van der Waals surface area (Å²) in [6, 6.07) is 1.64. The summed E-state index contributed by atoms with van der Waals surface area (Å²) in [6.45, 7) is 1.78. The highest BCUT2D eigenvalue weighted by molar-refractivity contribution is 7.87. The SMILES string of the molecule is COC(=O)CCN(C)S(=O)(=O)NCc1cc(C)no1. The largest absolute Gasteiger partial charge is 0.469 e. The number of ether oxygens (including phenoxy) is 1. The highest BCUT2D eigenvalue weighted by atomic mass is 32.2. The molecule has 0 fully saturated rings. The summed E-state index contributed by atoms with van der Waals surface area (Å²) in [5, 5.41) is 3.65. The number of rotatable bonds is 7. The molecule has 0 saturated carbocycles. The number of carbonyl (C=O) groups excluding carboxylic acids is 1. The van der Waals surface area contributed by atoms with Crippen molar-refractivity contribution in [3.05, 3.63) is 17.5 Å². The van der Waals surface area contributed by atoms with E-state index in [0.717, 1.165) is 4.31 Å². The van der Waals surface area contributed by atoms with Crippen LogP contribution in [0.5, 0.6) is 0 Å². The molecule has 0 aliphatic carbocycles. The zero-order valence-corrected chi connectivity index (χ0v) is 11.9. The van der Waals surface area contributed by atoms with Gasteiger partial charge in [0.05, 0.1) is 25.8 Å². The summed E-state index contributed by atoms with van der Waals surface area (Å²) in [4.78, 5) is 10.9. The van der Waals surface area contributed by atoms with Gasteiger partial charge in [-0.2, -0.15) is 17.4 Å². The van der Waals surface area contributed by atoms with E-state index in [0.29, 0.717) is 11.5 Å². The molecule has 1 aromatic rings. The van der Waals surface area contributed by atoms with E-state index in [1.807, 2.05) is 0 Å². The van der Waals surface area contributed by atoms with Crippen molar-refractivity contribution in [2.75, 3.05) is 20.7 Å². The maximum absolute atomic E-state index is 11.8. The molecule has 0 amide bonds. The Bertz CT molecular complexity index is 525. The minimum absolute atomic E-state index is 0.00464. The fraction of sp³-hybridized carbons (Fsp3) is 0.600. The normalized spacial score (nSPS) is 11.8. The van der Waals surface area contributed by atoms with Gasteiger partial charge in [-0.1, -0.05) is 5.16 Å². The number of aromatic nitrogens is 1.